The Morgan fingerprint density at radius 3 is 1.88 bits per heavy atom. The van der Waals surface area contributed by atoms with E-state index in [1.54, 1.807) is 0 Å². The van der Waals surface area contributed by atoms with E-state index in [2.05, 4.69) is 168 Å². The molecule has 0 radical (unpaired) electrons. The fraction of sp³-hybridized carbons (Fsp3) is 0. The van der Waals surface area contributed by atoms with Crippen LogP contribution in [-0.2, 0) is 0 Å². The summed E-state index contributed by atoms with van der Waals surface area (Å²) in [7, 11) is 0. The van der Waals surface area contributed by atoms with Gasteiger partial charge in [-0.1, -0.05) is 115 Å². The molecule has 4 nitrogen and oxygen atoms in total. The van der Waals surface area contributed by atoms with Gasteiger partial charge >= 0.3 is 0 Å². The van der Waals surface area contributed by atoms with E-state index in [1.165, 1.54) is 30.9 Å². The van der Waals surface area contributed by atoms with Crippen molar-refractivity contribution in [1.29, 1.82) is 0 Å². The highest BCUT2D eigenvalue weighted by atomic mass is 32.1. The zero-order chi connectivity index (χ0) is 34.4. The highest BCUT2D eigenvalue weighted by molar-refractivity contribution is 7.26. The fourth-order valence-electron chi connectivity index (χ4n) is 7.23. The molecule has 5 heteroatoms. The number of hydrogen-bond acceptors (Lipinski definition) is 5. The molecule has 0 unspecified atom stereocenters. The van der Waals surface area contributed by atoms with Crippen LogP contribution in [0.3, 0.4) is 0 Å². The summed E-state index contributed by atoms with van der Waals surface area (Å²) in [4.78, 5) is 9.90. The Kier molecular flexibility index (Phi) is 7.29. The first-order valence-electron chi connectivity index (χ1n) is 17.4. The predicted octanol–water partition coefficient (Wildman–Crippen LogP) is 14.0. The summed E-state index contributed by atoms with van der Waals surface area (Å²) < 4.78 is 9.20. The molecule has 2 heterocycles. The number of aromatic nitrogens is 1. The molecular formula is C47H31N3OS. The quantitative estimate of drug-likeness (QED) is 0.167. The lowest BCUT2D eigenvalue weighted by molar-refractivity contribution is 0.620. The van der Waals surface area contributed by atoms with E-state index in [0.717, 1.165) is 45.2 Å². The monoisotopic (exact) mass is 685 g/mol. The van der Waals surface area contributed by atoms with E-state index in [4.69, 9.17) is 9.40 Å². The standard InChI is InChI=1S/C47H31N3OS/c1-4-16-33(17-5-1)47-48-45-42(50(36-21-8-3-9-22-36)41-25-14-24-40-39-23-12-13-26-44(39)52-46(40)41)30-38(31-43(45)51-47)49(35-19-6-2-7-20-35)37-28-27-32-15-10-11-18-34(32)29-37/h1-31H. The first-order chi connectivity index (χ1) is 25.8. The predicted molar refractivity (Wildman–Crippen MR) is 219 cm³/mol. The molecule has 0 amide bonds. The van der Waals surface area contributed by atoms with Gasteiger partial charge in [-0.3, -0.25) is 0 Å². The van der Waals surface area contributed by atoms with Gasteiger partial charge in [0.15, 0.2) is 5.58 Å². The van der Waals surface area contributed by atoms with Crippen molar-refractivity contribution >= 4 is 87.5 Å². The Morgan fingerprint density at radius 1 is 0.442 bits per heavy atom. The molecule has 10 rings (SSSR count). The van der Waals surface area contributed by atoms with Crippen LogP contribution in [0.5, 0.6) is 0 Å². The molecular weight excluding hydrogens is 655 g/mol. The van der Waals surface area contributed by atoms with Crippen LogP contribution in [0.15, 0.2) is 192 Å². The van der Waals surface area contributed by atoms with Crippen molar-refractivity contribution in [3.05, 3.63) is 188 Å². The van der Waals surface area contributed by atoms with Crippen LogP contribution in [0.2, 0.25) is 0 Å². The first-order valence-corrected chi connectivity index (χ1v) is 18.2. The van der Waals surface area contributed by atoms with Crippen molar-refractivity contribution < 1.29 is 4.42 Å². The molecule has 0 saturated carbocycles. The third-order valence-corrected chi connectivity index (χ3v) is 10.8. The lowest BCUT2D eigenvalue weighted by Gasteiger charge is -2.30. The van der Waals surface area contributed by atoms with E-state index in [1.807, 2.05) is 41.7 Å². The van der Waals surface area contributed by atoms with Crippen LogP contribution in [0.1, 0.15) is 0 Å². The largest absolute Gasteiger partial charge is 0.436 e. The molecule has 0 aliphatic heterocycles. The second-order valence-corrected chi connectivity index (χ2v) is 13.9. The molecule has 0 aliphatic rings. The SMILES string of the molecule is c1ccc(-c2nc3c(N(c4ccccc4)c4cccc5c4sc4ccccc45)cc(N(c4ccccc4)c4ccc5ccccc5c4)cc3o2)cc1. The average Bonchev–Trinajstić information content (AvgIpc) is 3.82. The van der Waals surface area contributed by atoms with Gasteiger partial charge in [-0.15, -0.1) is 11.3 Å². The molecule has 8 aromatic carbocycles. The minimum absolute atomic E-state index is 0.582. The normalized spacial score (nSPS) is 11.5. The summed E-state index contributed by atoms with van der Waals surface area (Å²) >= 11 is 1.82. The average molecular weight is 686 g/mol. The third-order valence-electron chi connectivity index (χ3n) is 9.62. The van der Waals surface area contributed by atoms with E-state index in [0.29, 0.717) is 11.5 Å². The van der Waals surface area contributed by atoms with E-state index < -0.39 is 0 Å². The van der Waals surface area contributed by atoms with Crippen LogP contribution in [0.25, 0.3) is 53.5 Å². The van der Waals surface area contributed by atoms with Crippen LogP contribution in [0, 0.1) is 0 Å². The van der Waals surface area contributed by atoms with Gasteiger partial charge in [-0.05, 0) is 77.5 Å². The fourth-order valence-corrected chi connectivity index (χ4v) is 8.44. The van der Waals surface area contributed by atoms with Crippen LogP contribution >= 0.6 is 11.3 Å². The Bertz CT molecular complexity index is 2860. The number of hydrogen-bond donors (Lipinski definition) is 0. The number of thiophene rings is 1. The lowest BCUT2D eigenvalue weighted by atomic mass is 10.1. The van der Waals surface area contributed by atoms with Crippen LogP contribution in [-0.4, -0.2) is 4.98 Å². The van der Waals surface area contributed by atoms with Crippen molar-refractivity contribution in [2.24, 2.45) is 0 Å². The Balaban J connectivity index is 1.28. The van der Waals surface area contributed by atoms with Gasteiger partial charge in [0.2, 0.25) is 5.89 Å². The number of para-hydroxylation sites is 2. The molecule has 52 heavy (non-hydrogen) atoms. The number of rotatable bonds is 7. The second-order valence-electron chi connectivity index (χ2n) is 12.8. The topological polar surface area (TPSA) is 32.5 Å². The van der Waals surface area contributed by atoms with Gasteiger partial charge in [0.1, 0.15) is 5.52 Å². The smallest absolute Gasteiger partial charge is 0.227 e. The minimum atomic E-state index is 0.582. The number of nitrogens with zero attached hydrogens (tertiary/aromatic N) is 3. The number of benzene rings is 8. The summed E-state index contributed by atoms with van der Waals surface area (Å²) in [5.41, 5.74) is 8.53. The van der Waals surface area contributed by atoms with E-state index in [9.17, 15) is 0 Å². The second kappa shape index (κ2) is 12.6. The van der Waals surface area contributed by atoms with E-state index >= 15 is 0 Å². The Labute approximate surface area is 305 Å². The number of fused-ring (bicyclic) bond motifs is 5. The molecule has 246 valence electrons. The number of oxazole rings is 1. The Hall–Kier alpha value is -6.69. The molecule has 0 N–H and O–H groups in total. The van der Waals surface area contributed by atoms with Crippen molar-refractivity contribution in [3.8, 4) is 11.5 Å². The van der Waals surface area contributed by atoms with E-state index in [-0.39, 0.29) is 0 Å². The van der Waals surface area contributed by atoms with Gasteiger partial charge in [-0.2, -0.15) is 0 Å². The van der Waals surface area contributed by atoms with Gasteiger partial charge in [0.05, 0.1) is 21.8 Å². The van der Waals surface area contributed by atoms with Crippen molar-refractivity contribution in [3.63, 3.8) is 0 Å². The van der Waals surface area contributed by atoms with Gasteiger partial charge in [0.25, 0.3) is 0 Å². The van der Waals surface area contributed by atoms with Crippen molar-refractivity contribution in [2.75, 3.05) is 9.80 Å². The zero-order valence-electron chi connectivity index (χ0n) is 28.1. The summed E-state index contributed by atoms with van der Waals surface area (Å²) in [6.07, 6.45) is 0. The molecule has 0 fully saturated rings. The molecule has 2 aromatic heterocycles. The summed E-state index contributed by atoms with van der Waals surface area (Å²) in [6, 6.07) is 66.1. The number of anilines is 6. The third kappa shape index (κ3) is 5.18. The van der Waals surface area contributed by atoms with Crippen LogP contribution < -0.4 is 9.80 Å². The maximum Gasteiger partial charge on any atom is 0.227 e. The van der Waals surface area contributed by atoms with Crippen molar-refractivity contribution in [1.82, 2.24) is 4.98 Å². The first kappa shape index (κ1) is 30.2. The lowest BCUT2D eigenvalue weighted by Crippen LogP contribution is -2.14. The van der Waals surface area contributed by atoms with Gasteiger partial charge < -0.3 is 14.2 Å². The molecule has 0 spiro atoms. The zero-order valence-corrected chi connectivity index (χ0v) is 28.9. The highest BCUT2D eigenvalue weighted by Gasteiger charge is 2.25. The van der Waals surface area contributed by atoms with Gasteiger partial charge in [-0.25, -0.2) is 4.98 Å². The highest BCUT2D eigenvalue weighted by Crippen LogP contribution is 2.49. The van der Waals surface area contributed by atoms with Crippen molar-refractivity contribution in [2.45, 2.75) is 0 Å². The minimum Gasteiger partial charge on any atom is -0.436 e. The molecule has 0 atom stereocenters. The summed E-state index contributed by atoms with van der Waals surface area (Å²) in [6.45, 7) is 0. The summed E-state index contributed by atoms with van der Waals surface area (Å²) in [5.74, 6) is 0.582. The van der Waals surface area contributed by atoms with Gasteiger partial charge in [0, 0.05) is 44.2 Å². The van der Waals surface area contributed by atoms with Crippen LogP contribution in [0.4, 0.5) is 34.1 Å². The summed E-state index contributed by atoms with van der Waals surface area (Å²) in [5, 5.41) is 4.87. The maximum atomic E-state index is 6.72. The Morgan fingerprint density at radius 2 is 1.10 bits per heavy atom. The molecule has 10 aromatic rings. The maximum absolute atomic E-state index is 6.72. The molecule has 0 aliphatic carbocycles. The molecule has 0 saturated heterocycles. The molecule has 0 bridgehead atoms.